The third-order valence-corrected chi connectivity index (χ3v) is 3.49. The quantitative estimate of drug-likeness (QED) is 0.467. The minimum atomic E-state index is -0.446. The van der Waals surface area contributed by atoms with Gasteiger partial charge in [0.2, 0.25) is 0 Å². The molecule has 0 saturated heterocycles. The molecular weight excluding hydrogens is 260 g/mol. The minimum absolute atomic E-state index is 0.0175. The van der Waals surface area contributed by atoms with Crippen LogP contribution in [0.2, 0.25) is 0 Å². The van der Waals surface area contributed by atoms with Crippen LogP contribution in [0.4, 0.5) is 11.4 Å². The predicted molar refractivity (Wildman–Crippen MR) is 75.6 cm³/mol. The van der Waals surface area contributed by atoms with E-state index in [-0.39, 0.29) is 11.8 Å². The lowest BCUT2D eigenvalue weighted by Crippen LogP contribution is -2.31. The summed E-state index contributed by atoms with van der Waals surface area (Å²) in [6.45, 7) is 1.06. The zero-order chi connectivity index (χ0) is 14.4. The number of hydrogen-bond acceptors (Lipinski definition) is 6. The number of nitrogens with zero attached hydrogens (tertiary/aromatic N) is 2. The molecule has 1 aromatic rings. The van der Waals surface area contributed by atoms with Crippen molar-refractivity contribution in [1.29, 1.82) is 0 Å². The standard InChI is InChI=1S/C13H20N4O3/c14-10-1-3-11(4-2-10)20-8-7-16-12-5-6-15-9-13(12)17(18)19/h5-6,9-11H,1-4,7-8,14H2,(H,15,16). The fraction of sp³-hybridized carbons (Fsp3) is 0.615. The van der Waals surface area contributed by atoms with Gasteiger partial charge in [-0.3, -0.25) is 15.1 Å². The van der Waals surface area contributed by atoms with Gasteiger partial charge in [0, 0.05) is 18.8 Å². The molecule has 3 N–H and O–H groups in total. The molecule has 1 aromatic heterocycles. The summed E-state index contributed by atoms with van der Waals surface area (Å²) in [6, 6.07) is 1.91. The summed E-state index contributed by atoms with van der Waals surface area (Å²) in [7, 11) is 0. The van der Waals surface area contributed by atoms with Gasteiger partial charge in [0.15, 0.2) is 0 Å². The zero-order valence-corrected chi connectivity index (χ0v) is 11.3. The number of pyridine rings is 1. The van der Waals surface area contributed by atoms with Crippen molar-refractivity contribution >= 4 is 11.4 Å². The SMILES string of the molecule is NC1CCC(OCCNc2ccncc2[N+](=O)[O-])CC1. The molecule has 1 fully saturated rings. The van der Waals surface area contributed by atoms with Crippen LogP contribution < -0.4 is 11.1 Å². The second kappa shape index (κ2) is 7.16. The molecule has 1 aliphatic rings. The first kappa shape index (κ1) is 14.7. The summed E-state index contributed by atoms with van der Waals surface area (Å²) in [5.74, 6) is 0. The highest BCUT2D eigenvalue weighted by Crippen LogP contribution is 2.22. The monoisotopic (exact) mass is 280 g/mol. The number of nitrogens with two attached hydrogens (primary N) is 1. The third-order valence-electron chi connectivity index (χ3n) is 3.49. The normalized spacial score (nSPS) is 22.4. The highest BCUT2D eigenvalue weighted by Gasteiger charge is 2.18. The van der Waals surface area contributed by atoms with Gasteiger partial charge < -0.3 is 15.8 Å². The number of ether oxygens (including phenoxy) is 1. The molecule has 20 heavy (non-hydrogen) atoms. The van der Waals surface area contributed by atoms with Crippen LogP contribution in [-0.4, -0.2) is 35.2 Å². The number of rotatable bonds is 6. The molecule has 2 rings (SSSR count). The van der Waals surface area contributed by atoms with Crippen molar-refractivity contribution in [2.24, 2.45) is 5.73 Å². The maximum absolute atomic E-state index is 10.8. The Morgan fingerprint density at radius 1 is 1.45 bits per heavy atom. The summed E-state index contributed by atoms with van der Waals surface area (Å²) in [5, 5.41) is 13.8. The van der Waals surface area contributed by atoms with E-state index >= 15 is 0 Å². The lowest BCUT2D eigenvalue weighted by Gasteiger charge is -2.26. The molecule has 0 unspecified atom stereocenters. The topological polar surface area (TPSA) is 103 Å². The smallest absolute Gasteiger partial charge is 0.310 e. The van der Waals surface area contributed by atoms with Crippen molar-refractivity contribution in [2.75, 3.05) is 18.5 Å². The lowest BCUT2D eigenvalue weighted by molar-refractivity contribution is -0.384. The molecule has 0 bridgehead atoms. The van der Waals surface area contributed by atoms with Crippen LogP contribution in [0.5, 0.6) is 0 Å². The minimum Gasteiger partial charge on any atom is -0.377 e. The van der Waals surface area contributed by atoms with E-state index in [4.69, 9.17) is 10.5 Å². The van der Waals surface area contributed by atoms with Crippen LogP contribution in [-0.2, 0) is 4.74 Å². The van der Waals surface area contributed by atoms with Gasteiger partial charge in [0.1, 0.15) is 11.9 Å². The van der Waals surface area contributed by atoms with E-state index in [0.29, 0.717) is 24.9 Å². The van der Waals surface area contributed by atoms with Gasteiger partial charge in [-0.15, -0.1) is 0 Å². The Labute approximate surface area is 117 Å². The molecule has 7 nitrogen and oxygen atoms in total. The molecule has 1 heterocycles. The molecule has 110 valence electrons. The molecule has 0 aliphatic heterocycles. The Balaban J connectivity index is 1.72. The molecule has 0 atom stereocenters. The first-order valence-electron chi connectivity index (χ1n) is 6.86. The van der Waals surface area contributed by atoms with Gasteiger partial charge in [-0.05, 0) is 31.7 Å². The van der Waals surface area contributed by atoms with Crippen molar-refractivity contribution in [1.82, 2.24) is 4.98 Å². The summed E-state index contributed by atoms with van der Waals surface area (Å²) >= 11 is 0. The summed E-state index contributed by atoms with van der Waals surface area (Å²) < 4.78 is 5.75. The molecule has 7 heteroatoms. The zero-order valence-electron chi connectivity index (χ0n) is 11.3. The van der Waals surface area contributed by atoms with Crippen LogP contribution in [0.15, 0.2) is 18.5 Å². The van der Waals surface area contributed by atoms with Crippen molar-refractivity contribution in [3.8, 4) is 0 Å². The molecule has 0 aromatic carbocycles. The maximum Gasteiger partial charge on any atom is 0.310 e. The van der Waals surface area contributed by atoms with Crippen molar-refractivity contribution in [3.05, 3.63) is 28.6 Å². The molecular formula is C13H20N4O3. The van der Waals surface area contributed by atoms with E-state index in [9.17, 15) is 10.1 Å². The van der Waals surface area contributed by atoms with Gasteiger partial charge in [0.05, 0.1) is 17.6 Å². The van der Waals surface area contributed by atoms with E-state index in [0.717, 1.165) is 25.7 Å². The van der Waals surface area contributed by atoms with Gasteiger partial charge in [-0.25, -0.2) is 0 Å². The van der Waals surface area contributed by atoms with Crippen molar-refractivity contribution in [3.63, 3.8) is 0 Å². The van der Waals surface area contributed by atoms with Gasteiger partial charge in [-0.2, -0.15) is 0 Å². The Bertz CT molecular complexity index is 447. The van der Waals surface area contributed by atoms with Gasteiger partial charge in [-0.1, -0.05) is 0 Å². The van der Waals surface area contributed by atoms with E-state index < -0.39 is 4.92 Å². The predicted octanol–water partition coefficient (Wildman–Crippen LogP) is 1.69. The van der Waals surface area contributed by atoms with E-state index in [1.165, 1.54) is 12.4 Å². The van der Waals surface area contributed by atoms with E-state index in [1.54, 1.807) is 6.07 Å². The number of nitro groups is 1. The van der Waals surface area contributed by atoms with Crippen molar-refractivity contribution in [2.45, 2.75) is 37.8 Å². The molecule has 0 radical (unpaired) electrons. The highest BCUT2D eigenvalue weighted by atomic mass is 16.6. The summed E-state index contributed by atoms with van der Waals surface area (Å²) in [6.07, 6.45) is 7.04. The van der Waals surface area contributed by atoms with Crippen LogP contribution in [0.1, 0.15) is 25.7 Å². The van der Waals surface area contributed by atoms with Crippen LogP contribution in [0.3, 0.4) is 0 Å². The molecule has 1 saturated carbocycles. The lowest BCUT2D eigenvalue weighted by atomic mass is 9.94. The second-order valence-corrected chi connectivity index (χ2v) is 4.98. The van der Waals surface area contributed by atoms with Crippen LogP contribution >= 0.6 is 0 Å². The van der Waals surface area contributed by atoms with E-state index in [1.807, 2.05) is 0 Å². The Kier molecular flexibility index (Phi) is 5.25. The Morgan fingerprint density at radius 3 is 2.90 bits per heavy atom. The average molecular weight is 280 g/mol. The summed E-state index contributed by atoms with van der Waals surface area (Å²) in [4.78, 5) is 14.1. The average Bonchev–Trinajstić information content (AvgIpc) is 2.46. The Hall–Kier alpha value is -1.73. The van der Waals surface area contributed by atoms with E-state index in [2.05, 4.69) is 10.3 Å². The summed E-state index contributed by atoms with van der Waals surface area (Å²) in [5.41, 5.74) is 6.29. The third kappa shape index (κ3) is 4.14. The number of hydrogen-bond donors (Lipinski definition) is 2. The molecule has 0 spiro atoms. The maximum atomic E-state index is 10.8. The second-order valence-electron chi connectivity index (χ2n) is 4.98. The first-order valence-corrected chi connectivity index (χ1v) is 6.86. The Morgan fingerprint density at radius 2 is 2.20 bits per heavy atom. The molecule has 1 aliphatic carbocycles. The number of nitrogens with one attached hydrogen (secondary N) is 1. The number of anilines is 1. The first-order chi connectivity index (χ1) is 9.66. The van der Waals surface area contributed by atoms with Crippen LogP contribution in [0.25, 0.3) is 0 Å². The van der Waals surface area contributed by atoms with Crippen LogP contribution in [0, 0.1) is 10.1 Å². The molecule has 0 amide bonds. The number of aromatic nitrogens is 1. The fourth-order valence-electron chi connectivity index (χ4n) is 2.35. The highest BCUT2D eigenvalue weighted by molar-refractivity contribution is 5.59. The fourth-order valence-corrected chi connectivity index (χ4v) is 2.35. The van der Waals surface area contributed by atoms with Gasteiger partial charge >= 0.3 is 5.69 Å². The van der Waals surface area contributed by atoms with Crippen molar-refractivity contribution < 1.29 is 9.66 Å². The van der Waals surface area contributed by atoms with Gasteiger partial charge in [0.25, 0.3) is 0 Å². The largest absolute Gasteiger partial charge is 0.377 e.